The molecule has 0 bridgehead atoms. The molecule has 1 heterocycles. The van der Waals surface area contributed by atoms with Crippen LogP contribution in [0.5, 0.6) is 11.8 Å². The molecule has 1 aliphatic rings. The standard InChI is InChI=1S/C16H19N3O2/c20-8-7-12-1-5-15(6-2-12)21-16-18-10-13(11-19-16)9-17-14-3-4-14/h1-2,5-6,10-11,14,17,20H,3-4,7-9H2. The predicted octanol–water partition coefficient (Wildman–Crippen LogP) is 2.06. The summed E-state index contributed by atoms with van der Waals surface area (Å²) in [6, 6.07) is 8.60. The van der Waals surface area contributed by atoms with Crippen molar-refractivity contribution in [3.63, 3.8) is 0 Å². The Hall–Kier alpha value is -1.98. The van der Waals surface area contributed by atoms with E-state index in [0.717, 1.165) is 17.7 Å². The average molecular weight is 285 g/mol. The van der Waals surface area contributed by atoms with Crippen molar-refractivity contribution >= 4 is 0 Å². The third kappa shape index (κ3) is 4.24. The molecular weight excluding hydrogens is 266 g/mol. The summed E-state index contributed by atoms with van der Waals surface area (Å²) < 4.78 is 5.60. The van der Waals surface area contributed by atoms with Gasteiger partial charge in [-0.1, -0.05) is 12.1 Å². The fourth-order valence-electron chi connectivity index (χ4n) is 2.00. The van der Waals surface area contributed by atoms with E-state index in [1.807, 2.05) is 24.3 Å². The average Bonchev–Trinajstić information content (AvgIpc) is 3.33. The first kappa shape index (κ1) is 14.0. The number of hydrogen-bond acceptors (Lipinski definition) is 5. The molecule has 1 aliphatic carbocycles. The summed E-state index contributed by atoms with van der Waals surface area (Å²) in [7, 11) is 0. The molecular formula is C16H19N3O2. The van der Waals surface area contributed by atoms with Crippen LogP contribution in [0.2, 0.25) is 0 Å². The molecule has 1 aromatic carbocycles. The molecule has 0 radical (unpaired) electrons. The number of aliphatic hydroxyl groups excluding tert-OH is 1. The van der Waals surface area contributed by atoms with Crippen LogP contribution in [-0.2, 0) is 13.0 Å². The van der Waals surface area contributed by atoms with Gasteiger partial charge in [0.2, 0.25) is 0 Å². The molecule has 5 heteroatoms. The number of ether oxygens (including phenoxy) is 1. The second-order valence-corrected chi connectivity index (χ2v) is 5.25. The summed E-state index contributed by atoms with van der Waals surface area (Å²) in [5, 5.41) is 12.3. The van der Waals surface area contributed by atoms with Gasteiger partial charge in [-0.25, -0.2) is 9.97 Å². The highest BCUT2D eigenvalue weighted by Gasteiger charge is 2.19. The van der Waals surface area contributed by atoms with Crippen molar-refractivity contribution < 1.29 is 9.84 Å². The zero-order valence-corrected chi connectivity index (χ0v) is 11.8. The van der Waals surface area contributed by atoms with Crippen molar-refractivity contribution in [2.75, 3.05) is 6.61 Å². The highest BCUT2D eigenvalue weighted by Crippen LogP contribution is 2.20. The van der Waals surface area contributed by atoms with E-state index in [-0.39, 0.29) is 6.61 Å². The largest absolute Gasteiger partial charge is 0.424 e. The first-order valence-corrected chi connectivity index (χ1v) is 7.25. The topological polar surface area (TPSA) is 67.3 Å². The van der Waals surface area contributed by atoms with Gasteiger partial charge in [0, 0.05) is 37.2 Å². The van der Waals surface area contributed by atoms with E-state index in [1.165, 1.54) is 12.8 Å². The van der Waals surface area contributed by atoms with Gasteiger partial charge in [-0.3, -0.25) is 0 Å². The molecule has 21 heavy (non-hydrogen) atoms. The number of nitrogens with one attached hydrogen (secondary N) is 1. The number of nitrogens with zero attached hydrogens (tertiary/aromatic N) is 2. The third-order valence-corrected chi connectivity index (χ3v) is 3.39. The molecule has 0 aliphatic heterocycles. The highest BCUT2D eigenvalue weighted by molar-refractivity contribution is 5.29. The Morgan fingerprint density at radius 2 is 1.81 bits per heavy atom. The molecule has 5 nitrogen and oxygen atoms in total. The zero-order valence-electron chi connectivity index (χ0n) is 11.8. The minimum absolute atomic E-state index is 0.152. The van der Waals surface area contributed by atoms with Crippen LogP contribution in [0.4, 0.5) is 0 Å². The number of benzene rings is 1. The van der Waals surface area contributed by atoms with Gasteiger partial charge in [-0.2, -0.15) is 0 Å². The molecule has 0 atom stereocenters. The van der Waals surface area contributed by atoms with E-state index in [1.54, 1.807) is 12.4 Å². The Balaban J connectivity index is 1.56. The van der Waals surface area contributed by atoms with E-state index < -0.39 is 0 Å². The molecule has 0 amide bonds. The second kappa shape index (κ2) is 6.65. The van der Waals surface area contributed by atoms with Gasteiger partial charge < -0.3 is 15.2 Å². The third-order valence-electron chi connectivity index (χ3n) is 3.39. The maximum absolute atomic E-state index is 8.88. The summed E-state index contributed by atoms with van der Waals surface area (Å²) in [6.45, 7) is 0.959. The monoisotopic (exact) mass is 285 g/mol. The SMILES string of the molecule is OCCc1ccc(Oc2ncc(CNC3CC3)cn2)cc1. The number of rotatable bonds is 7. The molecule has 0 saturated heterocycles. The van der Waals surface area contributed by atoms with Crippen LogP contribution in [0.15, 0.2) is 36.7 Å². The Bertz CT molecular complexity index is 565. The second-order valence-electron chi connectivity index (χ2n) is 5.25. The van der Waals surface area contributed by atoms with Crippen molar-refractivity contribution in [2.45, 2.75) is 31.8 Å². The van der Waals surface area contributed by atoms with Crippen molar-refractivity contribution in [3.8, 4) is 11.8 Å². The van der Waals surface area contributed by atoms with Crippen molar-refractivity contribution in [3.05, 3.63) is 47.8 Å². The Labute approximate surface area is 124 Å². The summed E-state index contributed by atoms with van der Waals surface area (Å²) in [4.78, 5) is 8.44. The maximum atomic E-state index is 8.88. The summed E-state index contributed by atoms with van der Waals surface area (Å²) >= 11 is 0. The predicted molar refractivity (Wildman–Crippen MR) is 79.2 cm³/mol. The highest BCUT2D eigenvalue weighted by atomic mass is 16.5. The van der Waals surface area contributed by atoms with Crippen LogP contribution < -0.4 is 10.1 Å². The maximum Gasteiger partial charge on any atom is 0.321 e. The molecule has 110 valence electrons. The molecule has 1 fully saturated rings. The van der Waals surface area contributed by atoms with Crippen molar-refractivity contribution in [1.82, 2.24) is 15.3 Å². The van der Waals surface area contributed by atoms with E-state index in [0.29, 0.717) is 24.2 Å². The number of aromatic nitrogens is 2. The lowest BCUT2D eigenvalue weighted by Crippen LogP contribution is -2.15. The van der Waals surface area contributed by atoms with E-state index in [4.69, 9.17) is 9.84 Å². The molecule has 1 aromatic heterocycles. The molecule has 0 unspecified atom stereocenters. The van der Waals surface area contributed by atoms with Gasteiger partial charge >= 0.3 is 6.01 Å². The van der Waals surface area contributed by atoms with E-state index in [9.17, 15) is 0 Å². The van der Waals surface area contributed by atoms with Crippen LogP contribution in [0.25, 0.3) is 0 Å². The first-order valence-electron chi connectivity index (χ1n) is 7.25. The lowest BCUT2D eigenvalue weighted by molar-refractivity contribution is 0.299. The number of aliphatic hydroxyl groups is 1. The van der Waals surface area contributed by atoms with Gasteiger partial charge in [0.15, 0.2) is 0 Å². The van der Waals surface area contributed by atoms with Crippen LogP contribution in [-0.4, -0.2) is 27.7 Å². The minimum atomic E-state index is 0.152. The Morgan fingerprint density at radius 1 is 1.10 bits per heavy atom. The summed E-state index contributed by atoms with van der Waals surface area (Å²) in [5.41, 5.74) is 2.14. The summed E-state index contributed by atoms with van der Waals surface area (Å²) in [6.07, 6.45) is 6.78. The van der Waals surface area contributed by atoms with Crippen LogP contribution in [0.1, 0.15) is 24.0 Å². The molecule has 2 aromatic rings. The Kier molecular flexibility index (Phi) is 4.43. The van der Waals surface area contributed by atoms with Gasteiger partial charge in [0.1, 0.15) is 5.75 Å². The smallest absolute Gasteiger partial charge is 0.321 e. The quantitative estimate of drug-likeness (QED) is 0.815. The van der Waals surface area contributed by atoms with Gasteiger partial charge in [-0.15, -0.1) is 0 Å². The number of hydrogen-bond donors (Lipinski definition) is 2. The van der Waals surface area contributed by atoms with E-state index >= 15 is 0 Å². The Morgan fingerprint density at radius 3 is 2.43 bits per heavy atom. The van der Waals surface area contributed by atoms with Crippen LogP contribution >= 0.6 is 0 Å². The van der Waals surface area contributed by atoms with E-state index in [2.05, 4.69) is 15.3 Å². The van der Waals surface area contributed by atoms with Crippen molar-refractivity contribution in [1.29, 1.82) is 0 Å². The summed E-state index contributed by atoms with van der Waals surface area (Å²) in [5.74, 6) is 0.695. The lowest BCUT2D eigenvalue weighted by Gasteiger charge is -2.06. The molecule has 0 spiro atoms. The lowest BCUT2D eigenvalue weighted by atomic mass is 10.1. The normalized spacial score (nSPS) is 14.1. The minimum Gasteiger partial charge on any atom is -0.424 e. The molecule has 1 saturated carbocycles. The molecule has 2 N–H and O–H groups in total. The van der Waals surface area contributed by atoms with Crippen LogP contribution in [0, 0.1) is 0 Å². The van der Waals surface area contributed by atoms with Gasteiger partial charge in [0.25, 0.3) is 0 Å². The zero-order chi connectivity index (χ0) is 14.5. The van der Waals surface area contributed by atoms with Crippen LogP contribution in [0.3, 0.4) is 0 Å². The molecule has 3 rings (SSSR count). The fraction of sp³-hybridized carbons (Fsp3) is 0.375. The first-order chi connectivity index (χ1) is 10.3. The van der Waals surface area contributed by atoms with Gasteiger partial charge in [-0.05, 0) is 37.0 Å². The van der Waals surface area contributed by atoms with Gasteiger partial charge in [0.05, 0.1) is 0 Å². The van der Waals surface area contributed by atoms with Crippen molar-refractivity contribution in [2.24, 2.45) is 0 Å². The fourth-order valence-corrected chi connectivity index (χ4v) is 2.00.